The average Bonchev–Trinajstić information content (AvgIpc) is 3.29. The Morgan fingerprint density at radius 1 is 1.18 bits per heavy atom. The normalized spacial score (nSPS) is 20.9. The summed E-state index contributed by atoms with van der Waals surface area (Å²) in [5.41, 5.74) is 1.38. The smallest absolute Gasteiger partial charge is 0.324 e. The maximum absolute atomic E-state index is 14.8. The largest absolute Gasteiger partial charge is 0.480 e. The van der Waals surface area contributed by atoms with Gasteiger partial charge in [-0.1, -0.05) is 17.7 Å². The number of fused-ring (bicyclic) bond motifs is 1. The van der Waals surface area contributed by atoms with Gasteiger partial charge in [0.1, 0.15) is 23.7 Å². The first-order valence-corrected chi connectivity index (χ1v) is 13.0. The Morgan fingerprint density at radius 3 is 2.62 bits per heavy atom. The first-order chi connectivity index (χ1) is 18.6. The van der Waals surface area contributed by atoms with E-state index in [2.05, 4.69) is 20.6 Å². The van der Waals surface area contributed by atoms with E-state index < -0.39 is 29.3 Å². The van der Waals surface area contributed by atoms with Crippen molar-refractivity contribution in [3.05, 3.63) is 46.5 Å². The lowest BCUT2D eigenvalue weighted by atomic mass is 9.94. The summed E-state index contributed by atoms with van der Waals surface area (Å²) < 4.78 is 27.3. The van der Waals surface area contributed by atoms with Crippen LogP contribution in [-0.4, -0.2) is 68.5 Å². The third-order valence-electron chi connectivity index (χ3n) is 6.68. The standard InChI is InChI=1S/C25H26Cl2FN7O4/c1-11(2)34-19-18(12-5-6-15(27)16(28)7-12)35(17-8-13(26)9-29-22(17)36)25(37)32-20(19)31-21(34)14-10-30-24(39-4)33-23(14)38-3/h5-7,10-11,13,17-18H,8-9H2,1-4H3,(H,29,36)(H,32,37). The van der Waals surface area contributed by atoms with Crippen molar-refractivity contribution in [2.75, 3.05) is 26.1 Å². The van der Waals surface area contributed by atoms with Crippen LogP contribution in [0.2, 0.25) is 5.02 Å². The summed E-state index contributed by atoms with van der Waals surface area (Å²) in [6.45, 7) is 4.15. The number of hydrogen-bond acceptors (Lipinski definition) is 7. The van der Waals surface area contributed by atoms with Crippen LogP contribution in [0, 0.1) is 5.82 Å². The van der Waals surface area contributed by atoms with Gasteiger partial charge in [0, 0.05) is 18.8 Å². The molecule has 1 aromatic carbocycles. The predicted molar refractivity (Wildman–Crippen MR) is 142 cm³/mol. The van der Waals surface area contributed by atoms with Gasteiger partial charge < -0.3 is 19.4 Å². The van der Waals surface area contributed by atoms with Gasteiger partial charge >= 0.3 is 12.0 Å². The highest BCUT2D eigenvalue weighted by Crippen LogP contribution is 2.45. The zero-order chi connectivity index (χ0) is 28.0. The number of anilines is 1. The molecule has 39 heavy (non-hydrogen) atoms. The number of urea groups is 1. The summed E-state index contributed by atoms with van der Waals surface area (Å²) in [4.78, 5) is 41.3. The number of hydrogen-bond donors (Lipinski definition) is 2. The lowest BCUT2D eigenvalue weighted by Gasteiger charge is -2.43. The van der Waals surface area contributed by atoms with Crippen molar-refractivity contribution in [2.24, 2.45) is 0 Å². The summed E-state index contributed by atoms with van der Waals surface area (Å²) in [6.07, 6.45) is 1.73. The first kappa shape index (κ1) is 26.9. The molecule has 2 N–H and O–H groups in total. The minimum absolute atomic E-state index is 0.0693. The number of rotatable bonds is 6. The molecule has 3 amide bonds. The summed E-state index contributed by atoms with van der Waals surface area (Å²) in [5, 5.41) is 5.11. The van der Waals surface area contributed by atoms with Crippen molar-refractivity contribution in [3.63, 3.8) is 0 Å². The number of nitrogens with one attached hydrogen (secondary N) is 2. The monoisotopic (exact) mass is 577 g/mol. The van der Waals surface area contributed by atoms with Crippen LogP contribution < -0.4 is 20.1 Å². The second-order valence-electron chi connectivity index (χ2n) is 9.42. The molecule has 1 saturated heterocycles. The van der Waals surface area contributed by atoms with Crippen molar-refractivity contribution < 1.29 is 23.5 Å². The third-order valence-corrected chi connectivity index (χ3v) is 7.32. The number of benzene rings is 1. The maximum atomic E-state index is 14.8. The number of alkyl halides is 1. The fourth-order valence-corrected chi connectivity index (χ4v) is 5.37. The van der Waals surface area contributed by atoms with Crippen LogP contribution in [0.5, 0.6) is 11.9 Å². The number of piperidine rings is 1. The molecule has 2 aliphatic heterocycles. The minimum Gasteiger partial charge on any atom is -0.480 e. The molecule has 11 nitrogen and oxygen atoms in total. The molecule has 206 valence electrons. The molecular formula is C25H26Cl2FN7O4. The van der Waals surface area contributed by atoms with Gasteiger partial charge in [0.15, 0.2) is 5.82 Å². The van der Waals surface area contributed by atoms with Gasteiger partial charge in [0.25, 0.3) is 0 Å². The van der Waals surface area contributed by atoms with Gasteiger partial charge in [0.2, 0.25) is 11.8 Å². The van der Waals surface area contributed by atoms with Gasteiger partial charge in [0.05, 0.1) is 35.9 Å². The third kappa shape index (κ3) is 4.71. The quantitative estimate of drug-likeness (QED) is 0.421. The Kier molecular flexibility index (Phi) is 7.25. The number of carbonyl (C=O) groups excluding carboxylic acids is 2. The number of aromatic nitrogens is 4. The molecule has 0 aliphatic carbocycles. The molecular weight excluding hydrogens is 552 g/mol. The van der Waals surface area contributed by atoms with E-state index in [-0.39, 0.29) is 47.6 Å². The molecule has 0 radical (unpaired) electrons. The Balaban J connectivity index is 1.77. The number of halogens is 3. The molecule has 3 unspecified atom stereocenters. The second kappa shape index (κ2) is 10.5. The van der Waals surface area contributed by atoms with E-state index in [4.69, 9.17) is 37.7 Å². The Labute approximate surface area is 233 Å². The van der Waals surface area contributed by atoms with Crippen molar-refractivity contribution >= 4 is 41.0 Å². The van der Waals surface area contributed by atoms with Gasteiger partial charge in [-0.05, 0) is 38.0 Å². The predicted octanol–water partition coefficient (Wildman–Crippen LogP) is 4.16. The van der Waals surface area contributed by atoms with Gasteiger partial charge in [-0.2, -0.15) is 4.98 Å². The topological polar surface area (TPSA) is 124 Å². The molecule has 0 spiro atoms. The second-order valence-corrected chi connectivity index (χ2v) is 10.4. The fourth-order valence-electron chi connectivity index (χ4n) is 5.01. The minimum atomic E-state index is -0.920. The maximum Gasteiger partial charge on any atom is 0.324 e. The van der Waals surface area contributed by atoms with E-state index in [1.165, 1.54) is 37.4 Å². The van der Waals surface area contributed by atoms with Crippen LogP contribution in [0.25, 0.3) is 11.4 Å². The molecule has 0 saturated carbocycles. The van der Waals surface area contributed by atoms with E-state index >= 15 is 0 Å². The highest BCUT2D eigenvalue weighted by Gasteiger charge is 2.46. The van der Waals surface area contributed by atoms with Crippen LogP contribution in [-0.2, 0) is 4.79 Å². The molecule has 5 rings (SSSR count). The molecule has 14 heteroatoms. The SMILES string of the molecule is COc1ncc(-c2nc3c(n2C(C)C)C(c2ccc(Cl)c(F)c2)N(C2CC(Cl)CNC2=O)C(=O)N3)c(OC)n1. The van der Waals surface area contributed by atoms with E-state index in [0.717, 1.165) is 0 Å². The molecule has 3 atom stereocenters. The molecule has 2 aromatic heterocycles. The van der Waals surface area contributed by atoms with Gasteiger partial charge in [-0.3, -0.25) is 15.0 Å². The van der Waals surface area contributed by atoms with Crippen molar-refractivity contribution in [3.8, 4) is 23.3 Å². The lowest BCUT2D eigenvalue weighted by Crippen LogP contribution is -2.59. The molecule has 4 heterocycles. The average molecular weight is 578 g/mol. The van der Waals surface area contributed by atoms with Crippen LogP contribution in [0.15, 0.2) is 24.4 Å². The highest BCUT2D eigenvalue weighted by atomic mass is 35.5. The van der Waals surface area contributed by atoms with Crippen LogP contribution in [0.3, 0.4) is 0 Å². The van der Waals surface area contributed by atoms with Crippen LogP contribution in [0.4, 0.5) is 15.0 Å². The molecule has 0 bridgehead atoms. The fraction of sp³-hybridized carbons (Fsp3) is 0.400. The number of carbonyl (C=O) groups is 2. The lowest BCUT2D eigenvalue weighted by molar-refractivity contribution is -0.127. The summed E-state index contributed by atoms with van der Waals surface area (Å²) in [7, 11) is 2.90. The number of methoxy groups -OCH3 is 2. The van der Waals surface area contributed by atoms with Gasteiger partial charge in [-0.15, -0.1) is 11.6 Å². The van der Waals surface area contributed by atoms with E-state index in [1.807, 2.05) is 18.4 Å². The highest BCUT2D eigenvalue weighted by molar-refractivity contribution is 6.30. The molecule has 1 fully saturated rings. The summed E-state index contributed by atoms with van der Waals surface area (Å²) in [6, 6.07) is 1.79. The number of nitrogens with zero attached hydrogens (tertiary/aromatic N) is 5. The number of imidazole rings is 1. The van der Waals surface area contributed by atoms with Crippen molar-refractivity contribution in [1.29, 1.82) is 0 Å². The zero-order valence-corrected chi connectivity index (χ0v) is 23.0. The Hall–Kier alpha value is -3.64. The van der Waals surface area contributed by atoms with E-state index in [0.29, 0.717) is 22.6 Å². The Bertz CT molecular complexity index is 1450. The number of ether oxygens (including phenoxy) is 2. The molecule has 2 aliphatic rings. The van der Waals surface area contributed by atoms with Crippen LogP contribution >= 0.6 is 23.2 Å². The first-order valence-electron chi connectivity index (χ1n) is 12.2. The Morgan fingerprint density at radius 2 is 1.95 bits per heavy atom. The van der Waals surface area contributed by atoms with E-state index in [9.17, 15) is 14.0 Å². The summed E-state index contributed by atoms with van der Waals surface area (Å²) in [5.74, 6) is -0.159. The van der Waals surface area contributed by atoms with Gasteiger partial charge in [-0.25, -0.2) is 19.2 Å². The van der Waals surface area contributed by atoms with Crippen molar-refractivity contribution in [1.82, 2.24) is 29.7 Å². The van der Waals surface area contributed by atoms with Crippen LogP contribution in [0.1, 0.15) is 43.6 Å². The van der Waals surface area contributed by atoms with Crippen molar-refractivity contribution in [2.45, 2.75) is 43.8 Å². The van der Waals surface area contributed by atoms with E-state index in [1.54, 1.807) is 6.07 Å². The zero-order valence-electron chi connectivity index (χ0n) is 21.5. The number of amides is 3. The summed E-state index contributed by atoms with van der Waals surface area (Å²) >= 11 is 12.4. The molecule has 3 aromatic rings.